The summed E-state index contributed by atoms with van der Waals surface area (Å²) in [6.45, 7) is 5.13. The molecule has 0 spiro atoms. The van der Waals surface area contributed by atoms with Gasteiger partial charge < -0.3 is 4.90 Å². The Morgan fingerprint density at radius 3 is 2.58 bits per heavy atom. The van der Waals surface area contributed by atoms with Crippen molar-refractivity contribution < 1.29 is 13.2 Å². The van der Waals surface area contributed by atoms with Crippen LogP contribution in [0, 0.1) is 5.92 Å². The van der Waals surface area contributed by atoms with Crippen molar-refractivity contribution in [2.75, 3.05) is 6.54 Å². The van der Waals surface area contributed by atoms with Gasteiger partial charge in [-0.1, -0.05) is 44.2 Å². The van der Waals surface area contributed by atoms with E-state index in [2.05, 4.69) is 10.8 Å². The average molecular weight is 393 g/mol. The highest BCUT2D eigenvalue weighted by Gasteiger charge is 2.31. The number of rotatable bonds is 6. The number of nitrogens with one attached hydrogen (secondary N) is 1. The molecule has 26 heavy (non-hydrogen) atoms. The van der Waals surface area contributed by atoms with Crippen LogP contribution in [0.15, 0.2) is 46.0 Å². The van der Waals surface area contributed by atoms with Crippen molar-refractivity contribution in [2.24, 2.45) is 5.92 Å². The molecule has 2 heterocycles. The molecule has 0 unspecified atom stereocenters. The van der Waals surface area contributed by atoms with E-state index in [4.69, 9.17) is 0 Å². The number of sulfonamides is 1. The van der Waals surface area contributed by atoms with Gasteiger partial charge in [0.15, 0.2) is 0 Å². The summed E-state index contributed by atoms with van der Waals surface area (Å²) in [5.41, 5.74) is 2.40. The first-order valence-electron chi connectivity index (χ1n) is 8.78. The zero-order valence-electron chi connectivity index (χ0n) is 15.0. The van der Waals surface area contributed by atoms with E-state index in [0.29, 0.717) is 19.5 Å². The highest BCUT2D eigenvalue weighted by atomic mass is 32.2. The summed E-state index contributed by atoms with van der Waals surface area (Å²) in [4.78, 5) is 14.9. The second kappa shape index (κ2) is 7.90. The molecule has 1 aromatic heterocycles. The van der Waals surface area contributed by atoms with Gasteiger partial charge in [-0.05, 0) is 41.3 Å². The van der Waals surface area contributed by atoms with Crippen LogP contribution in [0.2, 0.25) is 0 Å². The number of hydrogen-bond donors (Lipinski definition) is 1. The molecule has 1 aromatic carbocycles. The lowest BCUT2D eigenvalue weighted by molar-refractivity contribution is -0.134. The van der Waals surface area contributed by atoms with Gasteiger partial charge >= 0.3 is 0 Å². The number of benzene rings is 1. The molecule has 1 atom stereocenters. The zero-order valence-corrected chi connectivity index (χ0v) is 16.6. The minimum atomic E-state index is -3.68. The van der Waals surface area contributed by atoms with Crippen LogP contribution in [0.25, 0.3) is 0 Å². The standard InChI is InChI=1S/C19H24N2O3S2/c1-14(2)12-17(20-26(23,24)18-8-5-11-25-18)19(22)21-10-9-15-6-3-4-7-16(15)13-21/h3-8,11,14,17,20H,9-10,12-13H2,1-2H3/t17-/m1/s1. The Kier molecular flexibility index (Phi) is 5.79. The van der Waals surface area contributed by atoms with Crippen LogP contribution >= 0.6 is 11.3 Å². The van der Waals surface area contributed by atoms with Crippen molar-refractivity contribution in [3.05, 3.63) is 52.9 Å². The number of hydrogen-bond acceptors (Lipinski definition) is 4. The molecule has 2 aromatic rings. The monoisotopic (exact) mass is 392 g/mol. The summed E-state index contributed by atoms with van der Waals surface area (Å²) >= 11 is 1.15. The maximum Gasteiger partial charge on any atom is 0.250 e. The fourth-order valence-electron chi connectivity index (χ4n) is 3.24. The van der Waals surface area contributed by atoms with E-state index < -0.39 is 16.1 Å². The summed E-state index contributed by atoms with van der Waals surface area (Å²) < 4.78 is 28.1. The van der Waals surface area contributed by atoms with Crippen molar-refractivity contribution in [3.63, 3.8) is 0 Å². The fourth-order valence-corrected chi connectivity index (χ4v) is 5.45. The van der Waals surface area contributed by atoms with Crippen LogP contribution in [-0.4, -0.2) is 31.8 Å². The highest BCUT2D eigenvalue weighted by molar-refractivity contribution is 7.91. The molecule has 7 heteroatoms. The number of amides is 1. The Bertz CT molecular complexity index is 861. The normalized spacial score (nSPS) is 15.7. The Hall–Kier alpha value is -1.70. The summed E-state index contributed by atoms with van der Waals surface area (Å²) in [5.74, 6) is 0.0559. The molecule has 0 radical (unpaired) electrons. The minimum Gasteiger partial charge on any atom is -0.337 e. The van der Waals surface area contributed by atoms with Gasteiger partial charge in [0.05, 0.1) is 0 Å². The van der Waals surface area contributed by atoms with Crippen molar-refractivity contribution >= 4 is 27.3 Å². The first kappa shape index (κ1) is 19.1. The van der Waals surface area contributed by atoms with E-state index in [-0.39, 0.29) is 16.0 Å². The molecule has 1 amide bonds. The van der Waals surface area contributed by atoms with Crippen molar-refractivity contribution in [2.45, 2.75) is 43.5 Å². The molecule has 0 fully saturated rings. The van der Waals surface area contributed by atoms with E-state index in [1.165, 1.54) is 5.56 Å². The van der Waals surface area contributed by atoms with Gasteiger partial charge in [-0.15, -0.1) is 11.3 Å². The van der Waals surface area contributed by atoms with Crippen LogP contribution in [0.5, 0.6) is 0 Å². The summed E-state index contributed by atoms with van der Waals surface area (Å²) in [5, 5.41) is 1.72. The molecule has 1 aliphatic rings. The van der Waals surface area contributed by atoms with Crippen LogP contribution in [-0.2, 0) is 27.8 Å². The smallest absolute Gasteiger partial charge is 0.250 e. The second-order valence-corrected chi connectivity index (χ2v) is 9.90. The van der Waals surface area contributed by atoms with Gasteiger partial charge in [0.2, 0.25) is 5.91 Å². The van der Waals surface area contributed by atoms with Gasteiger partial charge in [-0.2, -0.15) is 4.72 Å². The van der Waals surface area contributed by atoms with Crippen LogP contribution < -0.4 is 4.72 Å². The van der Waals surface area contributed by atoms with Gasteiger partial charge in [0.25, 0.3) is 10.0 Å². The molecule has 3 rings (SSSR count). The van der Waals surface area contributed by atoms with E-state index in [9.17, 15) is 13.2 Å². The molecule has 1 N–H and O–H groups in total. The van der Waals surface area contributed by atoms with Gasteiger partial charge in [-0.25, -0.2) is 8.42 Å². The van der Waals surface area contributed by atoms with Gasteiger partial charge in [0, 0.05) is 13.1 Å². The van der Waals surface area contributed by atoms with Gasteiger partial charge in [0.1, 0.15) is 10.3 Å². The largest absolute Gasteiger partial charge is 0.337 e. The van der Waals surface area contributed by atoms with Crippen LogP contribution in [0.4, 0.5) is 0 Å². The third-order valence-electron chi connectivity index (χ3n) is 4.50. The maximum absolute atomic E-state index is 13.1. The average Bonchev–Trinajstić information content (AvgIpc) is 3.15. The lowest BCUT2D eigenvalue weighted by Crippen LogP contribution is -2.50. The predicted molar refractivity (Wildman–Crippen MR) is 103 cm³/mol. The maximum atomic E-state index is 13.1. The van der Waals surface area contributed by atoms with Crippen LogP contribution in [0.1, 0.15) is 31.4 Å². The topological polar surface area (TPSA) is 66.5 Å². The van der Waals surface area contributed by atoms with E-state index in [1.807, 2.05) is 32.0 Å². The van der Waals surface area contributed by atoms with E-state index in [1.54, 1.807) is 22.4 Å². The third-order valence-corrected chi connectivity index (χ3v) is 7.37. The lowest BCUT2D eigenvalue weighted by Gasteiger charge is -2.32. The summed E-state index contributed by atoms with van der Waals surface area (Å²) in [7, 11) is -3.68. The molecule has 1 aliphatic heterocycles. The van der Waals surface area contributed by atoms with E-state index in [0.717, 1.165) is 23.3 Å². The Morgan fingerprint density at radius 2 is 1.92 bits per heavy atom. The molecule has 140 valence electrons. The first-order valence-corrected chi connectivity index (χ1v) is 11.1. The van der Waals surface area contributed by atoms with Gasteiger partial charge in [-0.3, -0.25) is 4.79 Å². The SMILES string of the molecule is CC(C)C[C@@H](NS(=O)(=O)c1cccs1)C(=O)N1CCc2ccccc2C1. The van der Waals surface area contributed by atoms with Crippen molar-refractivity contribution in [1.29, 1.82) is 0 Å². The Labute approximate surface area is 159 Å². The summed E-state index contributed by atoms with van der Waals surface area (Å²) in [6, 6.07) is 10.6. The zero-order chi connectivity index (χ0) is 18.7. The quantitative estimate of drug-likeness (QED) is 0.822. The molecule has 0 saturated carbocycles. The lowest BCUT2D eigenvalue weighted by atomic mass is 9.98. The van der Waals surface area contributed by atoms with Crippen molar-refractivity contribution in [1.82, 2.24) is 9.62 Å². The van der Waals surface area contributed by atoms with Crippen molar-refractivity contribution in [3.8, 4) is 0 Å². The molecule has 0 bridgehead atoms. The third kappa shape index (κ3) is 4.34. The second-order valence-electron chi connectivity index (χ2n) is 7.01. The first-order chi connectivity index (χ1) is 12.4. The number of thiophene rings is 1. The number of fused-ring (bicyclic) bond motifs is 1. The summed E-state index contributed by atoms with van der Waals surface area (Å²) in [6.07, 6.45) is 1.27. The minimum absolute atomic E-state index is 0.145. The Morgan fingerprint density at radius 1 is 1.19 bits per heavy atom. The molecule has 0 saturated heterocycles. The molecule has 5 nitrogen and oxygen atoms in total. The number of carbonyl (C=O) groups excluding carboxylic acids is 1. The molecular formula is C19H24N2O3S2. The molecular weight excluding hydrogens is 368 g/mol. The fraction of sp³-hybridized carbons (Fsp3) is 0.421. The Balaban J connectivity index is 1.78. The highest BCUT2D eigenvalue weighted by Crippen LogP contribution is 2.22. The predicted octanol–water partition coefficient (Wildman–Crippen LogP) is 3.03. The van der Waals surface area contributed by atoms with Crippen LogP contribution in [0.3, 0.4) is 0 Å². The van der Waals surface area contributed by atoms with E-state index >= 15 is 0 Å². The molecule has 0 aliphatic carbocycles. The number of nitrogens with zero attached hydrogens (tertiary/aromatic N) is 1. The number of carbonyl (C=O) groups is 1.